The second-order valence-electron chi connectivity index (χ2n) is 4.45. The van der Waals surface area contributed by atoms with Crippen molar-refractivity contribution in [2.24, 2.45) is 0 Å². The Morgan fingerprint density at radius 2 is 2.15 bits per heavy atom. The number of carboxylic acid groups (broad SMARTS) is 1. The summed E-state index contributed by atoms with van der Waals surface area (Å²) >= 11 is 0. The predicted molar refractivity (Wildman–Crippen MR) is 72.0 cm³/mol. The van der Waals surface area contributed by atoms with E-state index >= 15 is 0 Å². The summed E-state index contributed by atoms with van der Waals surface area (Å²) in [6.07, 6.45) is 1.38. The van der Waals surface area contributed by atoms with Crippen LogP contribution in [0.1, 0.15) is 15.9 Å². The number of carboxylic acids is 1. The van der Waals surface area contributed by atoms with Crippen molar-refractivity contribution in [3.8, 4) is 5.75 Å². The van der Waals surface area contributed by atoms with Crippen LogP contribution in [0.4, 0.5) is 5.82 Å². The molecule has 2 heterocycles. The summed E-state index contributed by atoms with van der Waals surface area (Å²) in [6.45, 7) is 1.59. The lowest BCUT2D eigenvalue weighted by Gasteiger charge is -2.21. The largest absolute Gasteiger partial charge is 0.491 e. The summed E-state index contributed by atoms with van der Waals surface area (Å²) in [7, 11) is 0. The molecule has 0 radical (unpaired) electrons. The molecule has 0 spiro atoms. The first-order valence-electron chi connectivity index (χ1n) is 6.26. The van der Waals surface area contributed by atoms with Gasteiger partial charge in [-0.25, -0.2) is 4.79 Å². The molecule has 0 fully saturated rings. The van der Waals surface area contributed by atoms with Gasteiger partial charge in [0, 0.05) is 12.1 Å². The molecule has 3 rings (SSSR count). The minimum absolute atomic E-state index is 0.152. The Morgan fingerprint density at radius 3 is 3.00 bits per heavy atom. The van der Waals surface area contributed by atoms with Crippen LogP contribution in [-0.2, 0) is 6.54 Å². The zero-order valence-corrected chi connectivity index (χ0v) is 10.7. The highest BCUT2D eigenvalue weighted by atomic mass is 16.5. The Kier molecular flexibility index (Phi) is 3.20. The van der Waals surface area contributed by atoms with Crippen LogP contribution in [0, 0.1) is 0 Å². The van der Waals surface area contributed by atoms with Crippen LogP contribution >= 0.6 is 0 Å². The maximum atomic E-state index is 11.3. The van der Waals surface area contributed by atoms with Gasteiger partial charge in [-0.15, -0.1) is 5.10 Å². The molecule has 0 bridgehead atoms. The van der Waals surface area contributed by atoms with Crippen molar-refractivity contribution >= 4 is 11.8 Å². The third kappa shape index (κ3) is 2.27. The fourth-order valence-electron chi connectivity index (χ4n) is 2.23. The SMILES string of the molecule is O=C(O)c1ccnnc1N1CCOc2ccccc2C1. The number of fused-ring (bicyclic) bond motifs is 1. The molecular weight excluding hydrogens is 258 g/mol. The van der Waals surface area contributed by atoms with Crippen molar-refractivity contribution < 1.29 is 14.6 Å². The lowest BCUT2D eigenvalue weighted by Crippen LogP contribution is -2.28. The Morgan fingerprint density at radius 1 is 1.30 bits per heavy atom. The molecule has 1 aromatic carbocycles. The molecule has 2 aromatic rings. The highest BCUT2D eigenvalue weighted by molar-refractivity contribution is 5.93. The molecule has 0 aliphatic carbocycles. The monoisotopic (exact) mass is 271 g/mol. The van der Waals surface area contributed by atoms with Gasteiger partial charge >= 0.3 is 5.97 Å². The zero-order chi connectivity index (χ0) is 13.9. The number of ether oxygens (including phenoxy) is 1. The second kappa shape index (κ2) is 5.16. The van der Waals surface area contributed by atoms with E-state index in [1.54, 1.807) is 0 Å². The third-order valence-electron chi connectivity index (χ3n) is 3.18. The molecule has 1 aliphatic heterocycles. The third-order valence-corrected chi connectivity index (χ3v) is 3.18. The van der Waals surface area contributed by atoms with E-state index in [2.05, 4.69) is 10.2 Å². The van der Waals surface area contributed by atoms with Crippen molar-refractivity contribution in [2.75, 3.05) is 18.1 Å². The number of rotatable bonds is 2. The van der Waals surface area contributed by atoms with Crippen molar-refractivity contribution in [2.45, 2.75) is 6.54 Å². The Hall–Kier alpha value is -2.63. The van der Waals surface area contributed by atoms with E-state index in [1.807, 2.05) is 29.2 Å². The van der Waals surface area contributed by atoms with E-state index in [9.17, 15) is 9.90 Å². The minimum Gasteiger partial charge on any atom is -0.491 e. The normalized spacial score (nSPS) is 14.1. The number of hydrogen-bond donors (Lipinski definition) is 1. The van der Waals surface area contributed by atoms with Gasteiger partial charge < -0.3 is 14.7 Å². The molecule has 0 saturated heterocycles. The van der Waals surface area contributed by atoms with Gasteiger partial charge in [0.05, 0.1) is 12.7 Å². The molecule has 20 heavy (non-hydrogen) atoms. The van der Waals surface area contributed by atoms with Crippen LogP contribution in [0.5, 0.6) is 5.75 Å². The number of para-hydroxylation sites is 1. The summed E-state index contributed by atoms with van der Waals surface area (Å²) in [5.41, 5.74) is 1.16. The van der Waals surface area contributed by atoms with E-state index in [0.717, 1.165) is 11.3 Å². The topological polar surface area (TPSA) is 75.5 Å². The average Bonchev–Trinajstić information content (AvgIpc) is 2.69. The standard InChI is InChI=1S/C14H13N3O3/c18-14(19)11-5-6-15-16-13(11)17-7-8-20-12-4-2-1-3-10(12)9-17/h1-6H,7-9H2,(H,18,19). The van der Waals surface area contributed by atoms with Gasteiger partial charge in [-0.3, -0.25) is 0 Å². The van der Waals surface area contributed by atoms with Crippen molar-refractivity contribution in [1.29, 1.82) is 0 Å². The highest BCUT2D eigenvalue weighted by Gasteiger charge is 2.21. The van der Waals surface area contributed by atoms with Crippen molar-refractivity contribution in [1.82, 2.24) is 10.2 Å². The first-order valence-corrected chi connectivity index (χ1v) is 6.26. The molecule has 0 atom stereocenters. The lowest BCUT2D eigenvalue weighted by atomic mass is 10.2. The van der Waals surface area contributed by atoms with Gasteiger partial charge in [-0.2, -0.15) is 5.10 Å². The lowest BCUT2D eigenvalue weighted by molar-refractivity contribution is 0.0697. The quantitative estimate of drug-likeness (QED) is 0.893. The number of carbonyl (C=O) groups is 1. The Balaban J connectivity index is 1.98. The zero-order valence-electron chi connectivity index (χ0n) is 10.7. The maximum Gasteiger partial charge on any atom is 0.339 e. The van der Waals surface area contributed by atoms with Crippen LogP contribution < -0.4 is 9.64 Å². The van der Waals surface area contributed by atoms with Crippen LogP contribution in [0.3, 0.4) is 0 Å². The minimum atomic E-state index is -1.01. The van der Waals surface area contributed by atoms with Gasteiger partial charge in [-0.05, 0) is 12.1 Å². The Bertz CT molecular complexity index is 645. The van der Waals surface area contributed by atoms with Gasteiger partial charge in [-0.1, -0.05) is 18.2 Å². The molecule has 0 unspecified atom stereocenters. The highest BCUT2D eigenvalue weighted by Crippen LogP contribution is 2.26. The van der Waals surface area contributed by atoms with E-state index in [-0.39, 0.29) is 5.56 Å². The van der Waals surface area contributed by atoms with Crippen LogP contribution in [0.15, 0.2) is 36.5 Å². The van der Waals surface area contributed by atoms with Gasteiger partial charge in [0.25, 0.3) is 0 Å². The average molecular weight is 271 g/mol. The summed E-state index contributed by atoms with van der Waals surface area (Å²) in [5.74, 6) is 0.199. The van der Waals surface area contributed by atoms with E-state index < -0.39 is 5.97 Å². The van der Waals surface area contributed by atoms with E-state index in [1.165, 1.54) is 12.3 Å². The van der Waals surface area contributed by atoms with E-state index in [4.69, 9.17) is 4.74 Å². The molecule has 0 amide bonds. The summed E-state index contributed by atoms with van der Waals surface area (Å²) in [6, 6.07) is 9.18. The van der Waals surface area contributed by atoms with Gasteiger partial charge in [0.2, 0.25) is 0 Å². The molecule has 1 aliphatic rings. The predicted octanol–water partition coefficient (Wildman–Crippen LogP) is 1.57. The van der Waals surface area contributed by atoms with Crippen molar-refractivity contribution in [3.05, 3.63) is 47.7 Å². The molecular formula is C14H13N3O3. The van der Waals surface area contributed by atoms with Gasteiger partial charge in [0.15, 0.2) is 5.82 Å². The molecule has 1 aromatic heterocycles. The van der Waals surface area contributed by atoms with Crippen LogP contribution in [0.25, 0.3) is 0 Å². The molecule has 6 nitrogen and oxygen atoms in total. The maximum absolute atomic E-state index is 11.3. The molecule has 102 valence electrons. The number of aromatic nitrogens is 2. The van der Waals surface area contributed by atoms with Crippen molar-refractivity contribution in [3.63, 3.8) is 0 Å². The number of aromatic carboxylic acids is 1. The number of nitrogens with zero attached hydrogens (tertiary/aromatic N) is 3. The first-order chi connectivity index (χ1) is 9.75. The fraction of sp³-hybridized carbons (Fsp3) is 0.214. The first kappa shape index (κ1) is 12.4. The number of hydrogen-bond acceptors (Lipinski definition) is 5. The molecule has 1 N–H and O–H groups in total. The van der Waals surface area contributed by atoms with Gasteiger partial charge in [0.1, 0.15) is 17.9 Å². The fourth-order valence-corrected chi connectivity index (χ4v) is 2.23. The smallest absolute Gasteiger partial charge is 0.339 e. The number of benzene rings is 1. The Labute approximate surface area is 115 Å². The molecule has 6 heteroatoms. The summed E-state index contributed by atoms with van der Waals surface area (Å²) in [4.78, 5) is 13.1. The summed E-state index contributed by atoms with van der Waals surface area (Å²) < 4.78 is 5.66. The number of anilines is 1. The van der Waals surface area contributed by atoms with E-state index in [0.29, 0.717) is 25.5 Å². The van der Waals surface area contributed by atoms with Crippen LogP contribution in [0.2, 0.25) is 0 Å². The van der Waals surface area contributed by atoms with Crippen LogP contribution in [-0.4, -0.2) is 34.4 Å². The molecule has 0 saturated carbocycles. The summed E-state index contributed by atoms with van der Waals surface area (Å²) in [5, 5.41) is 17.0. The second-order valence-corrected chi connectivity index (χ2v) is 4.45.